The van der Waals surface area contributed by atoms with E-state index in [1.165, 1.54) is 103 Å². The van der Waals surface area contributed by atoms with Crippen LogP contribution in [0.15, 0.2) is 12.2 Å². The highest BCUT2D eigenvalue weighted by Crippen LogP contribution is 2.30. The van der Waals surface area contributed by atoms with Gasteiger partial charge in [0.1, 0.15) is 48.8 Å². The lowest BCUT2D eigenvalue weighted by atomic mass is 9.97. The number of aliphatic hydroxyl groups excluding tert-OH is 8. The maximum Gasteiger partial charge on any atom is 0.220 e. The number of hydrogen-bond acceptors (Lipinski definition) is 13. The molecule has 12 unspecified atom stereocenters. The standard InChI is InChI=1S/C44H83NO13/c1-3-5-7-9-11-13-15-16-17-18-19-21-23-25-27-33(48)32(45-36(49)28-26-24-22-20-14-12-10-8-6-4-2)31-55-43-41(54)39(52)42(35(30-47)57-43)58-44-40(53)38(51)37(50)34(29-46)56-44/h25,27,32-35,37-44,46-48,50-54H,3-24,26,28-31H2,1-2H3,(H,45,49)/b27-25+. The smallest absolute Gasteiger partial charge is 0.220 e. The second kappa shape index (κ2) is 32.4. The van der Waals surface area contributed by atoms with Crippen LogP contribution in [0.3, 0.4) is 0 Å². The number of unbranched alkanes of at least 4 members (excludes halogenated alkanes) is 21. The van der Waals surface area contributed by atoms with E-state index in [-0.39, 0.29) is 18.9 Å². The maximum absolute atomic E-state index is 13.1. The molecule has 2 aliphatic rings. The number of nitrogens with one attached hydrogen (secondary N) is 1. The van der Waals surface area contributed by atoms with Crippen molar-refractivity contribution in [3.05, 3.63) is 12.2 Å². The Bertz CT molecular complexity index is 1040. The second-order valence-corrected chi connectivity index (χ2v) is 16.5. The molecule has 14 nitrogen and oxygen atoms in total. The molecule has 0 saturated carbocycles. The normalized spacial score (nSPS) is 28.9. The van der Waals surface area contributed by atoms with Gasteiger partial charge in [0.25, 0.3) is 0 Å². The van der Waals surface area contributed by atoms with Gasteiger partial charge in [-0.15, -0.1) is 0 Å². The zero-order valence-corrected chi connectivity index (χ0v) is 35.8. The summed E-state index contributed by atoms with van der Waals surface area (Å²) in [7, 11) is 0. The summed E-state index contributed by atoms with van der Waals surface area (Å²) in [5, 5.41) is 86.4. The van der Waals surface area contributed by atoms with Crippen molar-refractivity contribution in [1.29, 1.82) is 0 Å². The van der Waals surface area contributed by atoms with E-state index in [2.05, 4.69) is 19.2 Å². The lowest BCUT2D eigenvalue weighted by molar-refractivity contribution is -0.359. The van der Waals surface area contributed by atoms with E-state index in [1.54, 1.807) is 6.08 Å². The molecular formula is C44H83NO13. The van der Waals surface area contributed by atoms with Gasteiger partial charge in [-0.1, -0.05) is 154 Å². The van der Waals surface area contributed by atoms with Gasteiger partial charge in [-0.2, -0.15) is 0 Å². The van der Waals surface area contributed by atoms with Crippen molar-refractivity contribution in [2.45, 2.75) is 242 Å². The monoisotopic (exact) mass is 834 g/mol. The van der Waals surface area contributed by atoms with E-state index in [9.17, 15) is 45.6 Å². The molecule has 0 spiro atoms. The largest absolute Gasteiger partial charge is 0.394 e. The summed E-state index contributed by atoms with van der Waals surface area (Å²) in [6.45, 7) is 2.74. The predicted molar refractivity (Wildman–Crippen MR) is 222 cm³/mol. The Morgan fingerprint density at radius 2 is 1.07 bits per heavy atom. The Hall–Kier alpha value is -1.27. The Kier molecular flexibility index (Phi) is 29.6. The van der Waals surface area contributed by atoms with Crippen molar-refractivity contribution in [1.82, 2.24) is 5.32 Å². The molecule has 2 heterocycles. The average molecular weight is 834 g/mol. The van der Waals surface area contributed by atoms with Crippen LogP contribution in [0.5, 0.6) is 0 Å². The zero-order chi connectivity index (χ0) is 42.5. The molecule has 342 valence electrons. The molecule has 0 aromatic rings. The van der Waals surface area contributed by atoms with Gasteiger partial charge < -0.3 is 65.1 Å². The number of carbonyl (C=O) groups excluding carboxylic acids is 1. The van der Waals surface area contributed by atoms with Crippen LogP contribution in [0.25, 0.3) is 0 Å². The third-order valence-corrected chi connectivity index (χ3v) is 11.5. The van der Waals surface area contributed by atoms with Crippen LogP contribution < -0.4 is 5.32 Å². The summed E-state index contributed by atoms with van der Waals surface area (Å²) in [6.07, 6.45) is 14.0. The molecule has 0 aromatic carbocycles. The van der Waals surface area contributed by atoms with E-state index in [4.69, 9.17) is 18.9 Å². The number of rotatable bonds is 34. The summed E-state index contributed by atoms with van der Waals surface area (Å²) in [4.78, 5) is 13.1. The lowest BCUT2D eigenvalue weighted by Gasteiger charge is -2.46. The molecule has 0 bridgehead atoms. The van der Waals surface area contributed by atoms with Gasteiger partial charge in [-0.05, 0) is 19.3 Å². The summed E-state index contributed by atoms with van der Waals surface area (Å²) in [5.74, 6) is -0.243. The van der Waals surface area contributed by atoms with E-state index in [0.29, 0.717) is 6.42 Å². The molecule has 2 fully saturated rings. The van der Waals surface area contributed by atoms with Crippen molar-refractivity contribution >= 4 is 5.91 Å². The fourth-order valence-corrected chi connectivity index (χ4v) is 7.64. The second-order valence-electron chi connectivity index (χ2n) is 16.5. The number of aliphatic hydroxyl groups is 8. The number of amides is 1. The first-order valence-corrected chi connectivity index (χ1v) is 22.9. The highest BCUT2D eigenvalue weighted by Gasteiger charge is 2.50. The first-order valence-electron chi connectivity index (χ1n) is 22.9. The Morgan fingerprint density at radius 3 is 1.59 bits per heavy atom. The Labute approximate surface area is 348 Å². The van der Waals surface area contributed by atoms with Crippen LogP contribution in [0, 0.1) is 0 Å². The third kappa shape index (κ3) is 20.5. The fraction of sp³-hybridized carbons (Fsp3) is 0.932. The van der Waals surface area contributed by atoms with Crippen molar-refractivity contribution in [3.8, 4) is 0 Å². The number of hydrogen-bond donors (Lipinski definition) is 9. The number of allylic oxidation sites excluding steroid dienone is 1. The minimum atomic E-state index is -1.78. The molecule has 9 N–H and O–H groups in total. The van der Waals surface area contributed by atoms with Crippen LogP contribution in [0.1, 0.15) is 168 Å². The summed E-state index contributed by atoms with van der Waals surface area (Å²) >= 11 is 0. The van der Waals surface area contributed by atoms with Crippen LogP contribution in [0.2, 0.25) is 0 Å². The van der Waals surface area contributed by atoms with Gasteiger partial charge in [0, 0.05) is 6.42 Å². The molecule has 58 heavy (non-hydrogen) atoms. The Balaban J connectivity index is 1.91. The van der Waals surface area contributed by atoms with Gasteiger partial charge >= 0.3 is 0 Å². The molecule has 0 aliphatic carbocycles. The van der Waals surface area contributed by atoms with Crippen LogP contribution in [-0.4, -0.2) is 140 Å². The van der Waals surface area contributed by atoms with Crippen LogP contribution in [-0.2, 0) is 23.7 Å². The summed E-state index contributed by atoms with van der Waals surface area (Å²) in [5.41, 5.74) is 0. The SMILES string of the molecule is CCCCCCCCCCCCCC/C=C/C(O)C(COC1OC(CO)C(OC2OC(CO)C(O)C(O)C2O)C(O)C1O)NC(=O)CCCCCCCCCCCC. The van der Waals surface area contributed by atoms with Gasteiger partial charge in [0.05, 0.1) is 32.0 Å². The zero-order valence-electron chi connectivity index (χ0n) is 35.8. The van der Waals surface area contributed by atoms with Crippen molar-refractivity contribution in [2.75, 3.05) is 19.8 Å². The number of carbonyl (C=O) groups is 1. The molecule has 2 aliphatic heterocycles. The van der Waals surface area contributed by atoms with E-state index in [1.807, 2.05) is 6.08 Å². The minimum absolute atomic E-state index is 0.243. The maximum atomic E-state index is 13.1. The van der Waals surface area contributed by atoms with Crippen LogP contribution >= 0.6 is 0 Å². The van der Waals surface area contributed by atoms with Crippen molar-refractivity contribution < 1.29 is 64.6 Å². The molecule has 0 aromatic heterocycles. The van der Waals surface area contributed by atoms with Crippen LogP contribution in [0.4, 0.5) is 0 Å². The minimum Gasteiger partial charge on any atom is -0.394 e. The number of ether oxygens (including phenoxy) is 4. The Morgan fingerprint density at radius 1 is 0.603 bits per heavy atom. The molecule has 1 amide bonds. The molecule has 2 saturated heterocycles. The lowest BCUT2D eigenvalue weighted by Crippen LogP contribution is -2.65. The van der Waals surface area contributed by atoms with E-state index < -0.39 is 86.8 Å². The van der Waals surface area contributed by atoms with E-state index >= 15 is 0 Å². The molecule has 2 rings (SSSR count). The highest BCUT2D eigenvalue weighted by molar-refractivity contribution is 5.76. The quantitative estimate of drug-likeness (QED) is 0.0324. The first-order chi connectivity index (χ1) is 28.1. The topological polar surface area (TPSA) is 228 Å². The van der Waals surface area contributed by atoms with E-state index in [0.717, 1.165) is 38.5 Å². The van der Waals surface area contributed by atoms with Gasteiger partial charge in [-0.25, -0.2) is 0 Å². The molecule has 14 heteroatoms. The predicted octanol–water partition coefficient (Wildman–Crippen LogP) is 4.43. The molecular weight excluding hydrogens is 750 g/mol. The average Bonchev–Trinajstić information content (AvgIpc) is 3.22. The third-order valence-electron chi connectivity index (χ3n) is 11.5. The fourth-order valence-electron chi connectivity index (χ4n) is 7.64. The highest BCUT2D eigenvalue weighted by atomic mass is 16.7. The van der Waals surface area contributed by atoms with Gasteiger partial charge in [-0.3, -0.25) is 4.79 Å². The molecule has 0 radical (unpaired) electrons. The summed E-state index contributed by atoms with van der Waals surface area (Å²) < 4.78 is 22.6. The van der Waals surface area contributed by atoms with Gasteiger partial charge in [0.15, 0.2) is 12.6 Å². The summed E-state index contributed by atoms with van der Waals surface area (Å²) in [6, 6.07) is -0.905. The van der Waals surface area contributed by atoms with Gasteiger partial charge in [0.2, 0.25) is 5.91 Å². The van der Waals surface area contributed by atoms with Crippen molar-refractivity contribution in [3.63, 3.8) is 0 Å². The first kappa shape index (κ1) is 52.9. The molecule has 12 atom stereocenters. The van der Waals surface area contributed by atoms with Crippen molar-refractivity contribution in [2.24, 2.45) is 0 Å².